The molecule has 0 radical (unpaired) electrons. The highest BCUT2D eigenvalue weighted by molar-refractivity contribution is 7.10. The fraction of sp³-hybridized carbons (Fsp3) is 0.692. The number of rotatable bonds is 0. The van der Waals surface area contributed by atoms with Crippen LogP contribution in [0.15, 0.2) is 11.4 Å². The average molecular weight is 236 g/mol. The van der Waals surface area contributed by atoms with Crippen molar-refractivity contribution >= 4 is 11.3 Å². The molecule has 3 heterocycles. The van der Waals surface area contributed by atoms with Crippen LogP contribution < -0.4 is 5.32 Å². The minimum atomic E-state index is 0.228. The molecule has 3 rings (SSSR count). The lowest BCUT2D eigenvalue weighted by atomic mass is 9.82. The van der Waals surface area contributed by atoms with Gasteiger partial charge in [0.25, 0.3) is 0 Å². The molecule has 1 saturated heterocycles. The Bertz CT molecular complexity index is 410. The minimum absolute atomic E-state index is 0.228. The van der Waals surface area contributed by atoms with Crippen LogP contribution in [0.4, 0.5) is 0 Å². The Hall–Kier alpha value is -0.380. The summed E-state index contributed by atoms with van der Waals surface area (Å²) >= 11 is 1.93. The summed E-state index contributed by atoms with van der Waals surface area (Å²) in [6, 6.07) is 2.33. The van der Waals surface area contributed by atoms with E-state index in [0.29, 0.717) is 5.54 Å². The van der Waals surface area contributed by atoms with Crippen LogP contribution >= 0.6 is 11.3 Å². The van der Waals surface area contributed by atoms with Gasteiger partial charge in [0.2, 0.25) is 0 Å². The molecule has 1 aromatic heterocycles. The number of hydrogen-bond acceptors (Lipinski definition) is 3. The van der Waals surface area contributed by atoms with Gasteiger partial charge < -0.3 is 5.32 Å². The summed E-state index contributed by atoms with van der Waals surface area (Å²) in [7, 11) is 2.25. The normalized spacial score (nSPS) is 33.2. The van der Waals surface area contributed by atoms with E-state index in [0.717, 1.165) is 13.1 Å². The first-order valence-corrected chi connectivity index (χ1v) is 6.95. The molecule has 0 aromatic carbocycles. The monoisotopic (exact) mass is 236 g/mol. The summed E-state index contributed by atoms with van der Waals surface area (Å²) in [6.45, 7) is 6.98. The van der Waals surface area contributed by atoms with Crippen molar-refractivity contribution in [2.24, 2.45) is 0 Å². The maximum atomic E-state index is 3.79. The van der Waals surface area contributed by atoms with Crippen LogP contribution in [0.1, 0.15) is 30.7 Å². The van der Waals surface area contributed by atoms with E-state index in [9.17, 15) is 0 Å². The van der Waals surface area contributed by atoms with E-state index in [4.69, 9.17) is 0 Å². The van der Waals surface area contributed by atoms with Crippen LogP contribution in [-0.2, 0) is 12.0 Å². The number of hydrogen-bond donors (Lipinski definition) is 1. The number of fused-ring (bicyclic) bond motifs is 2. The van der Waals surface area contributed by atoms with Gasteiger partial charge >= 0.3 is 0 Å². The molecule has 1 atom stereocenters. The van der Waals surface area contributed by atoms with E-state index < -0.39 is 0 Å². The van der Waals surface area contributed by atoms with Gasteiger partial charge in [0.15, 0.2) is 0 Å². The van der Waals surface area contributed by atoms with Gasteiger partial charge in [0.05, 0.1) is 5.54 Å². The van der Waals surface area contributed by atoms with E-state index in [-0.39, 0.29) is 5.54 Å². The Kier molecular flexibility index (Phi) is 2.23. The van der Waals surface area contributed by atoms with Gasteiger partial charge in [-0.2, -0.15) is 0 Å². The smallest absolute Gasteiger partial charge is 0.0592 e. The van der Waals surface area contributed by atoms with Gasteiger partial charge in [-0.15, -0.1) is 11.3 Å². The van der Waals surface area contributed by atoms with Crippen LogP contribution in [0.3, 0.4) is 0 Å². The van der Waals surface area contributed by atoms with E-state index >= 15 is 0 Å². The van der Waals surface area contributed by atoms with Crippen LogP contribution in [-0.4, -0.2) is 30.6 Å². The fourth-order valence-electron chi connectivity index (χ4n) is 3.32. The van der Waals surface area contributed by atoms with Gasteiger partial charge in [-0.05, 0) is 50.7 Å². The Morgan fingerprint density at radius 3 is 2.94 bits per heavy atom. The van der Waals surface area contributed by atoms with Crippen molar-refractivity contribution in [1.82, 2.24) is 10.2 Å². The van der Waals surface area contributed by atoms with Crippen molar-refractivity contribution in [3.63, 3.8) is 0 Å². The highest BCUT2D eigenvalue weighted by Gasteiger charge is 2.49. The van der Waals surface area contributed by atoms with Crippen molar-refractivity contribution in [3.8, 4) is 0 Å². The maximum absolute atomic E-state index is 3.79. The summed E-state index contributed by atoms with van der Waals surface area (Å²) < 4.78 is 0. The second kappa shape index (κ2) is 3.31. The van der Waals surface area contributed by atoms with Gasteiger partial charge in [-0.1, -0.05) is 0 Å². The molecule has 1 aromatic rings. The van der Waals surface area contributed by atoms with Gasteiger partial charge in [0, 0.05) is 23.5 Å². The topological polar surface area (TPSA) is 15.3 Å². The Morgan fingerprint density at radius 2 is 2.25 bits per heavy atom. The van der Waals surface area contributed by atoms with Crippen molar-refractivity contribution in [1.29, 1.82) is 0 Å². The molecule has 0 aliphatic carbocycles. The molecular weight excluding hydrogens is 216 g/mol. The third-order valence-corrected chi connectivity index (χ3v) is 5.33. The molecule has 0 saturated carbocycles. The molecular formula is C13H20N2S. The molecule has 0 amide bonds. The molecule has 0 bridgehead atoms. The third kappa shape index (κ3) is 1.38. The second-order valence-electron chi connectivity index (χ2n) is 5.86. The lowest BCUT2D eigenvalue weighted by Gasteiger charge is -2.35. The zero-order valence-corrected chi connectivity index (χ0v) is 11.2. The minimum Gasteiger partial charge on any atom is -0.306 e. The van der Waals surface area contributed by atoms with E-state index in [1.54, 1.807) is 10.4 Å². The molecule has 2 aliphatic heterocycles. The Labute approximate surface area is 102 Å². The predicted octanol–water partition coefficient (Wildman–Crippen LogP) is 2.20. The van der Waals surface area contributed by atoms with Crippen LogP contribution in [0.5, 0.6) is 0 Å². The van der Waals surface area contributed by atoms with E-state index in [2.05, 4.69) is 42.6 Å². The summed E-state index contributed by atoms with van der Waals surface area (Å²) in [6.07, 6.45) is 2.43. The SMILES string of the molecule is CN1CC2(CC1(C)C)NCCc1sccc12. The summed E-state index contributed by atoms with van der Waals surface area (Å²) in [5.41, 5.74) is 2.11. The number of likely N-dealkylation sites (tertiary alicyclic amines) is 1. The molecule has 1 unspecified atom stereocenters. The lowest BCUT2D eigenvalue weighted by molar-refractivity contribution is 0.217. The first-order chi connectivity index (χ1) is 7.54. The Morgan fingerprint density at radius 1 is 1.44 bits per heavy atom. The van der Waals surface area contributed by atoms with E-state index in [1.807, 2.05) is 11.3 Å². The highest BCUT2D eigenvalue weighted by atomic mass is 32.1. The summed E-state index contributed by atoms with van der Waals surface area (Å²) in [5, 5.41) is 6.04. The first-order valence-electron chi connectivity index (χ1n) is 6.07. The lowest BCUT2D eigenvalue weighted by Crippen LogP contribution is -2.48. The van der Waals surface area contributed by atoms with Crippen molar-refractivity contribution in [2.75, 3.05) is 20.1 Å². The van der Waals surface area contributed by atoms with E-state index in [1.165, 1.54) is 12.8 Å². The van der Waals surface area contributed by atoms with Crippen LogP contribution in [0.25, 0.3) is 0 Å². The molecule has 1 fully saturated rings. The second-order valence-corrected chi connectivity index (χ2v) is 6.86. The molecule has 88 valence electrons. The van der Waals surface area contributed by atoms with Gasteiger partial charge in [-0.25, -0.2) is 0 Å². The zero-order chi connectivity index (χ0) is 11.4. The Balaban J connectivity index is 2.04. The van der Waals surface area contributed by atoms with Crippen molar-refractivity contribution in [3.05, 3.63) is 21.9 Å². The van der Waals surface area contributed by atoms with Crippen LogP contribution in [0, 0.1) is 0 Å². The molecule has 2 aliphatic rings. The largest absolute Gasteiger partial charge is 0.306 e. The third-order valence-electron chi connectivity index (χ3n) is 4.35. The molecule has 2 nitrogen and oxygen atoms in total. The van der Waals surface area contributed by atoms with Crippen molar-refractivity contribution < 1.29 is 0 Å². The maximum Gasteiger partial charge on any atom is 0.0592 e. The first kappa shape index (κ1) is 10.8. The predicted molar refractivity (Wildman–Crippen MR) is 69.0 cm³/mol. The number of nitrogens with zero attached hydrogens (tertiary/aromatic N) is 1. The van der Waals surface area contributed by atoms with Gasteiger partial charge in [-0.3, -0.25) is 4.90 Å². The fourth-order valence-corrected chi connectivity index (χ4v) is 4.30. The highest BCUT2D eigenvalue weighted by Crippen LogP contribution is 2.44. The summed E-state index contributed by atoms with van der Waals surface area (Å²) in [4.78, 5) is 4.09. The quantitative estimate of drug-likeness (QED) is 0.743. The van der Waals surface area contributed by atoms with Gasteiger partial charge in [0.1, 0.15) is 0 Å². The zero-order valence-electron chi connectivity index (χ0n) is 10.3. The standard InChI is InChI=1S/C13H20N2S/c1-12(2)8-13(9-15(12)3)10-5-7-16-11(10)4-6-14-13/h5,7,14H,4,6,8-9H2,1-3H3. The number of thiophene rings is 1. The number of nitrogens with one attached hydrogen (secondary N) is 1. The molecule has 1 spiro atoms. The molecule has 1 N–H and O–H groups in total. The number of likely N-dealkylation sites (N-methyl/N-ethyl adjacent to an activating group) is 1. The summed E-state index contributed by atoms with van der Waals surface area (Å²) in [5.74, 6) is 0. The molecule has 16 heavy (non-hydrogen) atoms. The average Bonchev–Trinajstić information content (AvgIpc) is 2.73. The van der Waals surface area contributed by atoms with Crippen molar-refractivity contribution in [2.45, 2.75) is 37.8 Å². The molecule has 3 heteroatoms. The van der Waals surface area contributed by atoms with Crippen LogP contribution in [0.2, 0.25) is 0 Å².